The Hall–Kier alpha value is -2.10. The second-order valence-electron chi connectivity index (χ2n) is 4.42. The van der Waals surface area contributed by atoms with Crippen LogP contribution in [-0.2, 0) is 9.53 Å². The van der Waals surface area contributed by atoms with Crippen LogP contribution in [0.25, 0.3) is 0 Å². The number of Topliss-reactive ketones (excluding diaryl/α,β-unsaturated/α-hetero) is 1. The first-order valence-corrected chi connectivity index (χ1v) is 6.12. The molecular formula is C15H19NO3. The molecule has 4 nitrogen and oxygen atoms in total. The van der Waals surface area contributed by atoms with Gasteiger partial charge in [0.2, 0.25) is 5.78 Å². The Kier molecular flexibility index (Phi) is 5.30. The second-order valence-corrected chi connectivity index (χ2v) is 4.42. The lowest BCUT2D eigenvalue weighted by Crippen LogP contribution is -2.19. The molecule has 1 rings (SSSR count). The summed E-state index contributed by atoms with van der Waals surface area (Å²) in [7, 11) is 3.50. The smallest absolute Gasteiger partial charge is 0.343 e. The molecule has 0 saturated heterocycles. The number of ether oxygens (including phenoxy) is 1. The maximum atomic E-state index is 12.3. The van der Waals surface area contributed by atoms with Crippen molar-refractivity contribution in [2.24, 2.45) is 0 Å². The fraction of sp³-hybridized carbons (Fsp3) is 0.333. The van der Waals surface area contributed by atoms with Crippen molar-refractivity contribution in [3.8, 4) is 0 Å². The predicted molar refractivity (Wildman–Crippen MR) is 73.9 cm³/mol. The fourth-order valence-corrected chi connectivity index (χ4v) is 1.53. The van der Waals surface area contributed by atoms with E-state index in [0.29, 0.717) is 5.56 Å². The maximum absolute atomic E-state index is 12.3. The highest BCUT2D eigenvalue weighted by Gasteiger charge is 2.21. The van der Waals surface area contributed by atoms with Gasteiger partial charge in [0.1, 0.15) is 5.57 Å². The Balaban J connectivity index is 3.08. The van der Waals surface area contributed by atoms with Gasteiger partial charge in [0.15, 0.2) is 0 Å². The van der Waals surface area contributed by atoms with Crippen molar-refractivity contribution in [1.29, 1.82) is 0 Å². The summed E-state index contributed by atoms with van der Waals surface area (Å²) in [5.74, 6) is -0.922. The van der Waals surface area contributed by atoms with E-state index in [1.54, 1.807) is 38.1 Å². The summed E-state index contributed by atoms with van der Waals surface area (Å²) in [5, 5.41) is 0. The number of esters is 1. The van der Waals surface area contributed by atoms with Crippen LogP contribution in [-0.4, -0.2) is 37.4 Å². The zero-order chi connectivity index (χ0) is 14.4. The third-order valence-electron chi connectivity index (χ3n) is 2.44. The molecule has 0 saturated carbocycles. The van der Waals surface area contributed by atoms with Crippen LogP contribution in [0.4, 0.5) is 0 Å². The van der Waals surface area contributed by atoms with E-state index < -0.39 is 5.97 Å². The average molecular weight is 261 g/mol. The molecule has 0 aliphatic heterocycles. The molecule has 0 unspecified atom stereocenters. The van der Waals surface area contributed by atoms with Crippen molar-refractivity contribution < 1.29 is 14.3 Å². The largest absolute Gasteiger partial charge is 0.462 e. The van der Waals surface area contributed by atoms with Crippen LogP contribution in [0, 0.1) is 6.92 Å². The molecule has 0 amide bonds. The van der Waals surface area contributed by atoms with Crippen LogP contribution < -0.4 is 0 Å². The predicted octanol–water partition coefficient (Wildman–Crippen LogP) is 2.19. The number of hydrogen-bond donors (Lipinski definition) is 0. The van der Waals surface area contributed by atoms with E-state index >= 15 is 0 Å². The Morgan fingerprint density at radius 2 is 1.79 bits per heavy atom. The van der Waals surface area contributed by atoms with E-state index in [0.717, 1.165) is 5.56 Å². The molecule has 0 aliphatic carbocycles. The molecule has 0 N–H and O–H groups in total. The van der Waals surface area contributed by atoms with Gasteiger partial charge >= 0.3 is 5.97 Å². The molecule has 0 spiro atoms. The van der Waals surface area contributed by atoms with Crippen LogP contribution in [0.5, 0.6) is 0 Å². The summed E-state index contributed by atoms with van der Waals surface area (Å²) in [5.41, 5.74) is 1.58. The Morgan fingerprint density at radius 1 is 1.21 bits per heavy atom. The SMILES string of the molecule is CCOC(=O)C(=CN(C)C)C(=O)c1ccc(C)cc1. The minimum atomic E-state index is -0.596. The lowest BCUT2D eigenvalue weighted by Gasteiger charge is -2.10. The minimum absolute atomic E-state index is 0.0377. The molecule has 0 heterocycles. The summed E-state index contributed by atoms with van der Waals surface area (Å²) >= 11 is 0. The number of hydrogen-bond acceptors (Lipinski definition) is 4. The molecule has 0 aliphatic rings. The van der Waals surface area contributed by atoms with Gasteiger partial charge in [-0.2, -0.15) is 0 Å². The number of carbonyl (C=O) groups is 2. The monoisotopic (exact) mass is 261 g/mol. The Labute approximate surface area is 113 Å². The lowest BCUT2D eigenvalue weighted by atomic mass is 10.0. The van der Waals surface area contributed by atoms with Gasteiger partial charge < -0.3 is 9.64 Å². The summed E-state index contributed by atoms with van der Waals surface area (Å²) < 4.78 is 4.92. The quantitative estimate of drug-likeness (QED) is 0.268. The summed E-state index contributed by atoms with van der Waals surface area (Å²) in [6.45, 7) is 3.89. The molecular weight excluding hydrogens is 242 g/mol. The van der Waals surface area contributed by atoms with Crippen LogP contribution in [0.2, 0.25) is 0 Å². The molecule has 0 fully saturated rings. The summed E-state index contributed by atoms with van der Waals surface area (Å²) in [4.78, 5) is 25.8. The van der Waals surface area contributed by atoms with E-state index in [1.807, 2.05) is 19.1 Å². The van der Waals surface area contributed by atoms with Crippen molar-refractivity contribution in [2.45, 2.75) is 13.8 Å². The highest BCUT2D eigenvalue weighted by molar-refractivity contribution is 6.24. The molecule has 4 heteroatoms. The van der Waals surface area contributed by atoms with E-state index in [1.165, 1.54) is 6.20 Å². The number of rotatable bonds is 5. The first-order chi connectivity index (χ1) is 8.95. The molecule has 0 aromatic heterocycles. The highest BCUT2D eigenvalue weighted by atomic mass is 16.5. The van der Waals surface area contributed by atoms with Crippen molar-refractivity contribution in [2.75, 3.05) is 20.7 Å². The third kappa shape index (κ3) is 4.25. The van der Waals surface area contributed by atoms with Gasteiger partial charge in [0.25, 0.3) is 0 Å². The van der Waals surface area contributed by atoms with E-state index in [9.17, 15) is 9.59 Å². The Bertz CT molecular complexity index is 487. The van der Waals surface area contributed by atoms with Crippen LogP contribution >= 0.6 is 0 Å². The van der Waals surface area contributed by atoms with Gasteiger partial charge in [0.05, 0.1) is 6.61 Å². The summed E-state index contributed by atoms with van der Waals surface area (Å²) in [6.07, 6.45) is 1.49. The number of carbonyl (C=O) groups excluding carboxylic acids is 2. The highest BCUT2D eigenvalue weighted by Crippen LogP contribution is 2.12. The van der Waals surface area contributed by atoms with Gasteiger partial charge in [-0.15, -0.1) is 0 Å². The van der Waals surface area contributed by atoms with E-state index in [-0.39, 0.29) is 18.0 Å². The van der Waals surface area contributed by atoms with Crippen molar-refractivity contribution in [1.82, 2.24) is 4.90 Å². The maximum Gasteiger partial charge on any atom is 0.343 e. The van der Waals surface area contributed by atoms with Crippen molar-refractivity contribution in [3.63, 3.8) is 0 Å². The second kappa shape index (κ2) is 6.73. The standard InChI is InChI=1S/C15H19NO3/c1-5-19-15(18)13(10-16(3)4)14(17)12-8-6-11(2)7-9-12/h6-10H,5H2,1-4H3. The Morgan fingerprint density at radius 3 is 2.26 bits per heavy atom. The van der Waals surface area contributed by atoms with Gasteiger partial charge in [-0.25, -0.2) is 4.79 Å². The van der Waals surface area contributed by atoms with Gasteiger partial charge in [-0.1, -0.05) is 29.8 Å². The van der Waals surface area contributed by atoms with Crippen LogP contribution in [0.3, 0.4) is 0 Å². The molecule has 102 valence electrons. The van der Waals surface area contributed by atoms with Crippen molar-refractivity contribution >= 4 is 11.8 Å². The first kappa shape index (κ1) is 15.0. The van der Waals surface area contributed by atoms with Gasteiger partial charge in [0, 0.05) is 25.9 Å². The molecule has 1 aromatic rings. The number of ketones is 1. The third-order valence-corrected chi connectivity index (χ3v) is 2.44. The average Bonchev–Trinajstić information content (AvgIpc) is 2.36. The van der Waals surface area contributed by atoms with E-state index in [2.05, 4.69) is 0 Å². The number of nitrogens with zero attached hydrogens (tertiary/aromatic N) is 1. The molecule has 0 atom stereocenters. The van der Waals surface area contributed by atoms with Gasteiger partial charge in [-0.05, 0) is 13.8 Å². The van der Waals surface area contributed by atoms with Crippen LogP contribution in [0.1, 0.15) is 22.8 Å². The number of benzene rings is 1. The minimum Gasteiger partial charge on any atom is -0.462 e. The zero-order valence-electron chi connectivity index (χ0n) is 11.8. The van der Waals surface area contributed by atoms with E-state index in [4.69, 9.17) is 4.74 Å². The molecule has 19 heavy (non-hydrogen) atoms. The summed E-state index contributed by atoms with van der Waals surface area (Å²) in [6, 6.07) is 7.10. The van der Waals surface area contributed by atoms with Crippen LogP contribution in [0.15, 0.2) is 36.0 Å². The normalized spacial score (nSPS) is 11.1. The molecule has 0 bridgehead atoms. The molecule has 1 aromatic carbocycles. The first-order valence-electron chi connectivity index (χ1n) is 6.12. The number of aryl methyl sites for hydroxylation is 1. The topological polar surface area (TPSA) is 46.6 Å². The lowest BCUT2D eigenvalue weighted by molar-refractivity contribution is -0.138. The molecule has 0 radical (unpaired) electrons. The van der Waals surface area contributed by atoms with Crippen molar-refractivity contribution in [3.05, 3.63) is 47.2 Å². The fourth-order valence-electron chi connectivity index (χ4n) is 1.53. The van der Waals surface area contributed by atoms with Gasteiger partial charge in [-0.3, -0.25) is 4.79 Å². The zero-order valence-corrected chi connectivity index (χ0v) is 11.8.